The van der Waals surface area contributed by atoms with Crippen LogP contribution in [0.15, 0.2) is 47.0 Å². The van der Waals surface area contributed by atoms with E-state index in [1.54, 1.807) is 31.3 Å². The molecule has 4 rings (SSSR count). The third-order valence-electron chi connectivity index (χ3n) is 5.24. The number of hydrogen-bond donors (Lipinski definition) is 2. The van der Waals surface area contributed by atoms with Crippen LogP contribution in [-0.4, -0.2) is 45.6 Å². The molecule has 8 nitrogen and oxygen atoms in total. The Balaban J connectivity index is 1.73. The minimum absolute atomic E-state index is 0.125. The van der Waals surface area contributed by atoms with Gasteiger partial charge in [-0.2, -0.15) is 0 Å². The molecule has 1 aliphatic rings. The van der Waals surface area contributed by atoms with Crippen LogP contribution in [0.2, 0.25) is 0 Å². The van der Waals surface area contributed by atoms with Crippen LogP contribution in [0.1, 0.15) is 28.2 Å². The third kappa shape index (κ3) is 3.17. The number of primary amides is 1. The minimum Gasteiger partial charge on any atom is -0.373 e. The highest BCUT2D eigenvalue weighted by atomic mass is 16.5. The number of nitrogens with two attached hydrogens (primary N) is 1. The highest BCUT2D eigenvalue weighted by molar-refractivity contribution is 5.91. The van der Waals surface area contributed by atoms with E-state index in [0.717, 1.165) is 16.7 Å². The van der Waals surface area contributed by atoms with Crippen LogP contribution in [0, 0.1) is 6.92 Å². The Morgan fingerprint density at radius 2 is 2.03 bits per heavy atom. The zero-order chi connectivity index (χ0) is 20.8. The molecular weight excluding hydrogens is 372 g/mol. The summed E-state index contributed by atoms with van der Waals surface area (Å²) >= 11 is 0. The van der Waals surface area contributed by atoms with Crippen LogP contribution >= 0.6 is 0 Å². The fraction of sp³-hybridized carbons (Fsp3) is 0.238. The van der Waals surface area contributed by atoms with Crippen molar-refractivity contribution in [2.45, 2.75) is 18.9 Å². The maximum Gasteiger partial charge on any atom is 0.267 e. The normalized spacial score (nSPS) is 19.0. The molecule has 0 radical (unpaired) electrons. The summed E-state index contributed by atoms with van der Waals surface area (Å²) in [5.41, 5.74) is 7.38. The first-order valence-corrected chi connectivity index (χ1v) is 9.13. The lowest BCUT2D eigenvalue weighted by molar-refractivity contribution is -0.144. The van der Waals surface area contributed by atoms with Crippen molar-refractivity contribution in [2.24, 2.45) is 5.73 Å². The summed E-state index contributed by atoms with van der Waals surface area (Å²) in [4.78, 5) is 29.5. The van der Waals surface area contributed by atoms with E-state index in [9.17, 15) is 14.7 Å². The number of aryl methyl sites for hydroxylation is 1. The number of likely N-dealkylation sites (N-methyl/N-ethyl adjacent to an activating group) is 1. The first kappa shape index (κ1) is 18.8. The molecule has 0 saturated carbocycles. The zero-order valence-electron chi connectivity index (χ0n) is 16.0. The van der Waals surface area contributed by atoms with E-state index >= 15 is 0 Å². The zero-order valence-corrected chi connectivity index (χ0v) is 16.0. The lowest BCUT2D eigenvalue weighted by Crippen LogP contribution is -2.35. The Morgan fingerprint density at radius 3 is 2.72 bits per heavy atom. The lowest BCUT2D eigenvalue weighted by Gasteiger charge is -2.16. The molecule has 3 heterocycles. The number of aromatic nitrogens is 2. The molecule has 1 saturated heterocycles. The second-order valence-electron chi connectivity index (χ2n) is 7.22. The Kier molecular flexibility index (Phi) is 4.43. The first-order chi connectivity index (χ1) is 13.8. The van der Waals surface area contributed by atoms with Gasteiger partial charge < -0.3 is 20.3 Å². The van der Waals surface area contributed by atoms with E-state index in [1.807, 2.05) is 25.1 Å². The van der Waals surface area contributed by atoms with Crippen molar-refractivity contribution >= 4 is 11.8 Å². The molecule has 8 heteroatoms. The van der Waals surface area contributed by atoms with E-state index in [1.165, 1.54) is 4.90 Å². The predicted octanol–water partition coefficient (Wildman–Crippen LogP) is 1.86. The standard InChI is InChI=1S/C21H20N4O4/c1-12-6-7-13(15-4-3-5-16(23-15)19(22)26)10-14(12)17-11-18(29-24-17)21(28)8-9-25(2)20(21)27/h3-7,10-11,28H,8-9H2,1-2H3,(H2,22,26). The van der Waals surface area contributed by atoms with E-state index in [4.69, 9.17) is 10.3 Å². The van der Waals surface area contributed by atoms with Crippen molar-refractivity contribution in [1.29, 1.82) is 0 Å². The van der Waals surface area contributed by atoms with Crippen LogP contribution in [0.5, 0.6) is 0 Å². The molecule has 0 bridgehead atoms. The van der Waals surface area contributed by atoms with Gasteiger partial charge in [0.05, 0.1) is 5.69 Å². The maximum atomic E-state index is 12.3. The van der Waals surface area contributed by atoms with Gasteiger partial charge >= 0.3 is 0 Å². The van der Waals surface area contributed by atoms with Gasteiger partial charge in [-0.15, -0.1) is 0 Å². The molecule has 29 heavy (non-hydrogen) atoms. The van der Waals surface area contributed by atoms with E-state index in [0.29, 0.717) is 17.9 Å². The van der Waals surface area contributed by atoms with Gasteiger partial charge in [-0.05, 0) is 30.7 Å². The first-order valence-electron chi connectivity index (χ1n) is 9.13. The quantitative estimate of drug-likeness (QED) is 0.699. The van der Waals surface area contributed by atoms with Gasteiger partial charge in [0.15, 0.2) is 5.76 Å². The Bertz CT molecular complexity index is 1120. The van der Waals surface area contributed by atoms with Crippen molar-refractivity contribution < 1.29 is 19.2 Å². The molecule has 2 amide bonds. The van der Waals surface area contributed by atoms with Crippen molar-refractivity contribution in [3.63, 3.8) is 0 Å². The summed E-state index contributed by atoms with van der Waals surface area (Å²) in [6.07, 6.45) is 0.250. The van der Waals surface area contributed by atoms with Crippen molar-refractivity contribution in [3.8, 4) is 22.5 Å². The van der Waals surface area contributed by atoms with E-state index < -0.39 is 17.4 Å². The van der Waals surface area contributed by atoms with Crippen LogP contribution < -0.4 is 5.73 Å². The number of pyridine rings is 1. The SMILES string of the molecule is Cc1ccc(-c2cccc(C(N)=O)n2)cc1-c1cc(C2(O)CCN(C)C2=O)on1. The van der Waals surface area contributed by atoms with E-state index in [2.05, 4.69) is 10.1 Å². The molecule has 1 aromatic carbocycles. The summed E-state index contributed by atoms with van der Waals surface area (Å²) in [6.45, 7) is 2.37. The number of benzene rings is 1. The Hall–Kier alpha value is -3.52. The molecule has 3 N–H and O–H groups in total. The summed E-state index contributed by atoms with van der Waals surface area (Å²) in [5.74, 6) is -0.876. The number of amides is 2. The molecule has 1 atom stereocenters. The number of rotatable bonds is 4. The van der Waals surface area contributed by atoms with Crippen molar-refractivity contribution in [2.75, 3.05) is 13.6 Å². The maximum absolute atomic E-state index is 12.3. The number of aliphatic hydroxyl groups is 1. The minimum atomic E-state index is -1.69. The van der Waals surface area contributed by atoms with Crippen LogP contribution in [0.25, 0.3) is 22.5 Å². The molecule has 1 fully saturated rings. The average molecular weight is 392 g/mol. The number of likely N-dealkylation sites (tertiary alicyclic amines) is 1. The summed E-state index contributed by atoms with van der Waals surface area (Å²) < 4.78 is 5.35. The molecular formula is C21H20N4O4. The number of carbonyl (C=O) groups excluding carboxylic acids is 2. The Labute approximate surface area is 166 Å². The van der Waals surface area contributed by atoms with Gasteiger partial charge in [0.25, 0.3) is 11.8 Å². The Morgan fingerprint density at radius 1 is 1.24 bits per heavy atom. The van der Waals surface area contributed by atoms with Gasteiger partial charge in [0.2, 0.25) is 5.60 Å². The molecule has 1 aliphatic heterocycles. The second-order valence-corrected chi connectivity index (χ2v) is 7.22. The van der Waals surface area contributed by atoms with Gasteiger partial charge in [0, 0.05) is 37.2 Å². The monoisotopic (exact) mass is 392 g/mol. The van der Waals surface area contributed by atoms with Crippen LogP contribution in [-0.2, 0) is 10.4 Å². The average Bonchev–Trinajstić information content (AvgIpc) is 3.31. The summed E-state index contributed by atoms with van der Waals surface area (Å²) in [5, 5.41) is 14.8. The van der Waals surface area contributed by atoms with Gasteiger partial charge in [-0.25, -0.2) is 4.98 Å². The molecule has 2 aromatic heterocycles. The van der Waals surface area contributed by atoms with Crippen LogP contribution in [0.4, 0.5) is 0 Å². The topological polar surface area (TPSA) is 123 Å². The summed E-state index contributed by atoms with van der Waals surface area (Å²) in [7, 11) is 1.64. The number of nitrogens with zero attached hydrogens (tertiary/aromatic N) is 3. The van der Waals surface area contributed by atoms with Crippen LogP contribution in [0.3, 0.4) is 0 Å². The molecule has 0 spiro atoms. The number of hydrogen-bond acceptors (Lipinski definition) is 6. The summed E-state index contributed by atoms with van der Waals surface area (Å²) in [6, 6.07) is 12.3. The second kappa shape index (κ2) is 6.82. The smallest absolute Gasteiger partial charge is 0.267 e. The molecule has 0 aliphatic carbocycles. The largest absolute Gasteiger partial charge is 0.373 e. The highest BCUT2D eigenvalue weighted by Crippen LogP contribution is 2.36. The van der Waals surface area contributed by atoms with Gasteiger partial charge in [-0.1, -0.05) is 23.4 Å². The van der Waals surface area contributed by atoms with E-state index in [-0.39, 0.29) is 17.9 Å². The van der Waals surface area contributed by atoms with Crippen molar-refractivity contribution in [1.82, 2.24) is 15.0 Å². The third-order valence-corrected chi connectivity index (χ3v) is 5.24. The molecule has 3 aromatic rings. The predicted molar refractivity (Wildman–Crippen MR) is 105 cm³/mol. The molecule has 1 unspecified atom stereocenters. The fourth-order valence-corrected chi connectivity index (χ4v) is 3.47. The van der Waals surface area contributed by atoms with Gasteiger partial charge in [-0.3, -0.25) is 9.59 Å². The fourth-order valence-electron chi connectivity index (χ4n) is 3.47. The molecule has 148 valence electrons. The van der Waals surface area contributed by atoms with Gasteiger partial charge in [0.1, 0.15) is 11.4 Å². The lowest BCUT2D eigenvalue weighted by atomic mass is 9.96. The highest BCUT2D eigenvalue weighted by Gasteiger charge is 2.48. The number of carbonyl (C=O) groups is 2. The van der Waals surface area contributed by atoms with Crippen molar-refractivity contribution in [3.05, 3.63) is 59.5 Å².